The Morgan fingerprint density at radius 3 is 2.70 bits per heavy atom. The lowest BCUT2D eigenvalue weighted by molar-refractivity contribution is -0.139. The van der Waals surface area contributed by atoms with Gasteiger partial charge in [-0.25, -0.2) is 4.98 Å². The first-order valence-electron chi connectivity index (χ1n) is 7.22. The first-order valence-corrected chi connectivity index (χ1v) is 8.20. The van der Waals surface area contributed by atoms with Gasteiger partial charge in [-0.2, -0.15) is 0 Å². The van der Waals surface area contributed by atoms with Gasteiger partial charge in [0.25, 0.3) is 0 Å². The Labute approximate surface area is 138 Å². The number of rotatable bonds is 6. The van der Waals surface area contributed by atoms with Crippen LogP contribution in [-0.4, -0.2) is 27.9 Å². The molecule has 3 aromatic rings. The van der Waals surface area contributed by atoms with Crippen LogP contribution in [0.25, 0.3) is 16.7 Å². The van der Waals surface area contributed by atoms with Gasteiger partial charge in [0.15, 0.2) is 5.16 Å². The quantitative estimate of drug-likeness (QED) is 0.392. The van der Waals surface area contributed by atoms with Crippen LogP contribution in [0.15, 0.2) is 72.4 Å². The molecular formula is C18H16N2O2S. The van der Waals surface area contributed by atoms with E-state index in [1.807, 2.05) is 54.6 Å². The number of imidazole rings is 1. The lowest BCUT2D eigenvalue weighted by Gasteiger charge is -2.08. The molecule has 0 saturated heterocycles. The van der Waals surface area contributed by atoms with Crippen molar-refractivity contribution in [2.24, 2.45) is 0 Å². The minimum absolute atomic E-state index is 0.212. The Morgan fingerprint density at radius 2 is 1.91 bits per heavy atom. The van der Waals surface area contributed by atoms with E-state index in [2.05, 4.69) is 16.1 Å². The predicted molar refractivity (Wildman–Crippen MR) is 93.0 cm³/mol. The Hall–Kier alpha value is -2.53. The van der Waals surface area contributed by atoms with Gasteiger partial charge in [0, 0.05) is 5.69 Å². The number of carbonyl (C=O) groups is 1. The number of benzene rings is 2. The molecule has 0 unspecified atom stereocenters. The number of ether oxygens (including phenoxy) is 1. The van der Waals surface area contributed by atoms with E-state index in [0.29, 0.717) is 0 Å². The second-order valence-electron chi connectivity index (χ2n) is 4.81. The van der Waals surface area contributed by atoms with Crippen molar-refractivity contribution < 1.29 is 9.53 Å². The van der Waals surface area contributed by atoms with Crippen molar-refractivity contribution in [1.82, 2.24) is 9.55 Å². The zero-order valence-electron chi connectivity index (χ0n) is 12.5. The molecule has 0 aliphatic heterocycles. The Morgan fingerprint density at radius 1 is 1.17 bits per heavy atom. The number of nitrogens with zero attached hydrogens (tertiary/aromatic N) is 2. The minimum Gasteiger partial charge on any atom is -0.461 e. The van der Waals surface area contributed by atoms with Crippen LogP contribution in [0, 0.1) is 0 Å². The maximum Gasteiger partial charge on any atom is 0.316 e. The Balaban J connectivity index is 1.93. The average Bonchev–Trinajstić information content (AvgIpc) is 2.97. The molecule has 0 saturated carbocycles. The van der Waals surface area contributed by atoms with Gasteiger partial charge >= 0.3 is 5.97 Å². The molecule has 0 spiro atoms. The number of thioether (sulfide) groups is 1. The summed E-state index contributed by atoms with van der Waals surface area (Å²) in [6, 6.07) is 17.9. The molecule has 116 valence electrons. The van der Waals surface area contributed by atoms with Crippen molar-refractivity contribution in [2.45, 2.75) is 5.16 Å². The first-order chi connectivity index (χ1) is 11.3. The summed E-state index contributed by atoms with van der Waals surface area (Å²) in [5.41, 5.74) is 2.93. The fourth-order valence-electron chi connectivity index (χ4n) is 2.24. The van der Waals surface area contributed by atoms with Crippen LogP contribution in [-0.2, 0) is 9.53 Å². The largest absolute Gasteiger partial charge is 0.461 e. The van der Waals surface area contributed by atoms with Gasteiger partial charge in [-0.1, -0.05) is 54.7 Å². The molecule has 4 nitrogen and oxygen atoms in total. The van der Waals surface area contributed by atoms with E-state index in [0.717, 1.165) is 21.9 Å². The third-order valence-corrected chi connectivity index (χ3v) is 4.14. The fraction of sp³-hybridized carbons (Fsp3) is 0.111. The first kappa shape index (κ1) is 15.4. The van der Waals surface area contributed by atoms with Crippen molar-refractivity contribution in [3.63, 3.8) is 0 Å². The molecule has 0 aliphatic carbocycles. The Kier molecular flexibility index (Phi) is 4.78. The second-order valence-corrected chi connectivity index (χ2v) is 5.76. The number of esters is 1. The molecule has 0 bridgehead atoms. The lowest BCUT2D eigenvalue weighted by atomic mass is 10.3. The van der Waals surface area contributed by atoms with E-state index in [4.69, 9.17) is 4.74 Å². The molecule has 3 rings (SSSR count). The molecule has 5 heteroatoms. The van der Waals surface area contributed by atoms with E-state index < -0.39 is 0 Å². The summed E-state index contributed by atoms with van der Waals surface area (Å²) in [6.07, 6.45) is 1.56. The molecule has 23 heavy (non-hydrogen) atoms. The molecular weight excluding hydrogens is 308 g/mol. The number of fused-ring (bicyclic) bond motifs is 1. The predicted octanol–water partition coefficient (Wildman–Crippen LogP) is 3.85. The molecule has 0 fully saturated rings. The van der Waals surface area contributed by atoms with Crippen molar-refractivity contribution in [2.75, 3.05) is 12.4 Å². The molecule has 0 aliphatic rings. The number of para-hydroxylation sites is 3. The van der Waals surface area contributed by atoms with E-state index in [9.17, 15) is 4.79 Å². The van der Waals surface area contributed by atoms with Crippen molar-refractivity contribution >= 4 is 28.8 Å². The third kappa shape index (κ3) is 3.46. The van der Waals surface area contributed by atoms with E-state index in [1.165, 1.54) is 11.8 Å². The molecule has 1 aromatic heterocycles. The second kappa shape index (κ2) is 7.15. The summed E-state index contributed by atoms with van der Waals surface area (Å²) in [5.74, 6) is -0.0640. The van der Waals surface area contributed by atoms with E-state index >= 15 is 0 Å². The van der Waals surface area contributed by atoms with E-state index in [-0.39, 0.29) is 18.3 Å². The Bertz CT molecular complexity index is 827. The maximum atomic E-state index is 11.7. The normalized spacial score (nSPS) is 10.6. The molecule has 0 N–H and O–H groups in total. The van der Waals surface area contributed by atoms with Gasteiger partial charge in [0.1, 0.15) is 6.61 Å². The number of hydrogen-bond acceptors (Lipinski definition) is 4. The van der Waals surface area contributed by atoms with Gasteiger partial charge in [-0.3, -0.25) is 9.36 Å². The number of hydrogen-bond donors (Lipinski definition) is 0. The maximum absolute atomic E-state index is 11.7. The summed E-state index contributed by atoms with van der Waals surface area (Å²) in [7, 11) is 0. The van der Waals surface area contributed by atoms with E-state index in [1.54, 1.807) is 6.08 Å². The summed E-state index contributed by atoms with van der Waals surface area (Å²) in [6.45, 7) is 3.76. The summed E-state index contributed by atoms with van der Waals surface area (Å²) in [4.78, 5) is 16.3. The van der Waals surface area contributed by atoms with Gasteiger partial charge in [-0.05, 0) is 24.3 Å². The van der Waals surface area contributed by atoms with Gasteiger partial charge in [0.2, 0.25) is 0 Å². The van der Waals surface area contributed by atoms with Crippen LogP contribution in [0.2, 0.25) is 0 Å². The monoisotopic (exact) mass is 324 g/mol. The molecule has 2 aromatic carbocycles. The SMILES string of the molecule is C=CCOC(=O)CSc1nc2ccccc2n1-c1ccccc1. The molecule has 1 heterocycles. The highest BCUT2D eigenvalue weighted by molar-refractivity contribution is 7.99. The van der Waals surface area contributed by atoms with Crippen LogP contribution < -0.4 is 0 Å². The van der Waals surface area contributed by atoms with Gasteiger partial charge in [0.05, 0.1) is 16.8 Å². The molecule has 0 radical (unpaired) electrons. The standard InChI is InChI=1S/C18H16N2O2S/c1-2-12-22-17(21)13-23-18-19-15-10-6-7-11-16(15)20(18)14-8-4-3-5-9-14/h2-11H,1,12-13H2. The van der Waals surface area contributed by atoms with Crippen LogP contribution >= 0.6 is 11.8 Å². The molecule has 0 atom stereocenters. The van der Waals surface area contributed by atoms with Crippen molar-refractivity contribution in [3.8, 4) is 5.69 Å². The van der Waals surface area contributed by atoms with Gasteiger partial charge < -0.3 is 4.74 Å². The third-order valence-electron chi connectivity index (χ3n) is 3.23. The van der Waals surface area contributed by atoms with Crippen LogP contribution in [0.3, 0.4) is 0 Å². The average molecular weight is 324 g/mol. The lowest BCUT2D eigenvalue weighted by Crippen LogP contribution is -2.08. The summed E-state index contributed by atoms with van der Waals surface area (Å²) < 4.78 is 7.07. The number of carbonyl (C=O) groups excluding carboxylic acids is 1. The van der Waals surface area contributed by atoms with Crippen LogP contribution in [0.5, 0.6) is 0 Å². The zero-order chi connectivity index (χ0) is 16.1. The summed E-state index contributed by atoms with van der Waals surface area (Å²) in [5, 5.41) is 0.771. The van der Waals surface area contributed by atoms with Crippen LogP contribution in [0.1, 0.15) is 0 Å². The number of aromatic nitrogens is 2. The van der Waals surface area contributed by atoms with Crippen molar-refractivity contribution in [1.29, 1.82) is 0 Å². The van der Waals surface area contributed by atoms with Crippen LogP contribution in [0.4, 0.5) is 0 Å². The fourth-order valence-corrected chi connectivity index (χ4v) is 3.07. The summed E-state index contributed by atoms with van der Waals surface area (Å²) >= 11 is 1.37. The highest BCUT2D eigenvalue weighted by atomic mass is 32.2. The minimum atomic E-state index is -0.276. The highest BCUT2D eigenvalue weighted by Crippen LogP contribution is 2.27. The molecule has 0 amide bonds. The van der Waals surface area contributed by atoms with Gasteiger partial charge in [-0.15, -0.1) is 0 Å². The van der Waals surface area contributed by atoms with Crippen molar-refractivity contribution in [3.05, 3.63) is 67.3 Å². The highest BCUT2D eigenvalue weighted by Gasteiger charge is 2.14. The smallest absolute Gasteiger partial charge is 0.316 e. The topological polar surface area (TPSA) is 44.1 Å². The zero-order valence-corrected chi connectivity index (χ0v) is 13.3.